The van der Waals surface area contributed by atoms with E-state index in [4.69, 9.17) is 5.11 Å². The smallest absolute Gasteiger partial charge is 0.321 e. The molecule has 0 spiro atoms. The van der Waals surface area contributed by atoms with Gasteiger partial charge in [-0.3, -0.25) is 4.79 Å². The van der Waals surface area contributed by atoms with Crippen molar-refractivity contribution in [1.29, 1.82) is 0 Å². The Labute approximate surface area is 124 Å². The van der Waals surface area contributed by atoms with Gasteiger partial charge in [-0.15, -0.1) is 0 Å². The number of aliphatic carboxylic acids is 1. The summed E-state index contributed by atoms with van der Waals surface area (Å²) in [7, 11) is 3.92. The molecule has 114 valence electrons. The van der Waals surface area contributed by atoms with Gasteiger partial charge in [0.05, 0.1) is 5.92 Å². The van der Waals surface area contributed by atoms with E-state index in [1.165, 1.54) is 0 Å². The zero-order valence-corrected chi connectivity index (χ0v) is 12.4. The average molecular weight is 291 g/mol. The zero-order valence-electron chi connectivity index (χ0n) is 12.4. The van der Waals surface area contributed by atoms with E-state index in [9.17, 15) is 9.59 Å². The Balaban J connectivity index is 1.88. The van der Waals surface area contributed by atoms with Crippen molar-refractivity contribution < 1.29 is 14.7 Å². The summed E-state index contributed by atoms with van der Waals surface area (Å²) >= 11 is 0. The van der Waals surface area contributed by atoms with Crippen LogP contribution < -0.4 is 10.2 Å². The van der Waals surface area contributed by atoms with Gasteiger partial charge in [0.15, 0.2) is 0 Å². The molecule has 21 heavy (non-hydrogen) atoms. The number of hydrogen-bond acceptors (Lipinski definition) is 3. The summed E-state index contributed by atoms with van der Waals surface area (Å²) in [5.41, 5.74) is 1.81. The number of likely N-dealkylation sites (tertiary alicyclic amines) is 1. The molecular weight excluding hydrogens is 270 g/mol. The molecule has 1 aromatic rings. The maximum atomic E-state index is 12.1. The molecule has 1 aliphatic rings. The van der Waals surface area contributed by atoms with Crippen molar-refractivity contribution in [2.75, 3.05) is 37.4 Å². The fourth-order valence-electron chi connectivity index (χ4n) is 2.37. The van der Waals surface area contributed by atoms with Crippen LogP contribution in [0.25, 0.3) is 0 Å². The van der Waals surface area contributed by atoms with Gasteiger partial charge in [-0.05, 0) is 37.1 Å². The fraction of sp³-hybridized carbons (Fsp3) is 0.467. The van der Waals surface area contributed by atoms with E-state index in [2.05, 4.69) is 5.32 Å². The van der Waals surface area contributed by atoms with Crippen LogP contribution in [0.4, 0.5) is 16.2 Å². The van der Waals surface area contributed by atoms with Gasteiger partial charge in [0.25, 0.3) is 0 Å². The monoisotopic (exact) mass is 291 g/mol. The molecular formula is C15H21N3O3. The van der Waals surface area contributed by atoms with Crippen molar-refractivity contribution in [2.24, 2.45) is 5.92 Å². The number of carbonyl (C=O) groups is 2. The highest BCUT2D eigenvalue weighted by Gasteiger charge is 2.26. The number of piperidine rings is 1. The first kappa shape index (κ1) is 15.2. The van der Waals surface area contributed by atoms with Crippen LogP contribution in [0, 0.1) is 5.92 Å². The number of rotatable bonds is 3. The van der Waals surface area contributed by atoms with Crippen LogP contribution in [-0.2, 0) is 4.79 Å². The molecule has 0 aliphatic carbocycles. The molecule has 1 heterocycles. The first-order chi connectivity index (χ1) is 9.97. The lowest BCUT2D eigenvalue weighted by atomic mass is 9.97. The number of amides is 2. The number of carboxylic acid groups (broad SMARTS) is 1. The molecule has 2 amide bonds. The van der Waals surface area contributed by atoms with E-state index in [1.807, 2.05) is 43.3 Å². The number of nitrogens with zero attached hydrogens (tertiary/aromatic N) is 2. The predicted octanol–water partition coefficient (Wildman–Crippen LogP) is 2.08. The summed E-state index contributed by atoms with van der Waals surface area (Å²) in [6.45, 7) is 0.969. The van der Waals surface area contributed by atoms with E-state index < -0.39 is 5.97 Å². The summed E-state index contributed by atoms with van der Waals surface area (Å²) in [6, 6.07) is 7.42. The lowest BCUT2D eigenvalue weighted by Gasteiger charge is -2.30. The van der Waals surface area contributed by atoms with Crippen LogP contribution in [0.3, 0.4) is 0 Å². The molecule has 0 aromatic heterocycles. The standard InChI is InChI=1S/C15H21N3O3/c1-17(2)13-5-3-12(4-6-13)16-15(21)18-9-7-11(8-10-18)14(19)20/h3-6,11H,7-10H2,1-2H3,(H,16,21)(H,19,20). The first-order valence-electron chi connectivity index (χ1n) is 7.03. The van der Waals surface area contributed by atoms with Gasteiger partial charge in [0.2, 0.25) is 0 Å². The quantitative estimate of drug-likeness (QED) is 0.894. The third-order valence-corrected chi connectivity index (χ3v) is 3.77. The van der Waals surface area contributed by atoms with Crippen LogP contribution >= 0.6 is 0 Å². The normalized spacial score (nSPS) is 15.6. The first-order valence-corrected chi connectivity index (χ1v) is 7.03. The molecule has 2 rings (SSSR count). The van der Waals surface area contributed by atoms with Crippen LogP contribution in [0.2, 0.25) is 0 Å². The molecule has 1 aliphatic heterocycles. The van der Waals surface area contributed by atoms with Gasteiger partial charge in [0, 0.05) is 38.6 Å². The summed E-state index contributed by atoms with van der Waals surface area (Å²) in [4.78, 5) is 26.7. The SMILES string of the molecule is CN(C)c1ccc(NC(=O)N2CCC(C(=O)O)CC2)cc1. The van der Waals surface area contributed by atoms with E-state index in [0.29, 0.717) is 25.9 Å². The summed E-state index contributed by atoms with van der Waals surface area (Å²) < 4.78 is 0. The van der Waals surface area contributed by atoms with Gasteiger partial charge >= 0.3 is 12.0 Å². The highest BCUT2D eigenvalue weighted by molar-refractivity contribution is 5.89. The average Bonchev–Trinajstić information content (AvgIpc) is 2.47. The number of nitrogens with one attached hydrogen (secondary N) is 1. The van der Waals surface area contributed by atoms with Gasteiger partial charge in [-0.1, -0.05) is 0 Å². The summed E-state index contributed by atoms with van der Waals surface area (Å²) in [5, 5.41) is 11.8. The highest BCUT2D eigenvalue weighted by atomic mass is 16.4. The molecule has 2 N–H and O–H groups in total. The largest absolute Gasteiger partial charge is 0.481 e. The molecule has 1 saturated heterocycles. The van der Waals surface area contributed by atoms with Crippen molar-refractivity contribution in [3.63, 3.8) is 0 Å². The second-order valence-corrected chi connectivity index (χ2v) is 5.47. The number of hydrogen-bond donors (Lipinski definition) is 2. The number of benzene rings is 1. The third-order valence-electron chi connectivity index (χ3n) is 3.77. The van der Waals surface area contributed by atoms with Gasteiger partial charge in [0.1, 0.15) is 0 Å². The van der Waals surface area contributed by atoms with Crippen molar-refractivity contribution in [1.82, 2.24) is 4.90 Å². The predicted molar refractivity (Wildman–Crippen MR) is 81.7 cm³/mol. The molecule has 0 atom stereocenters. The second kappa shape index (κ2) is 6.47. The minimum atomic E-state index is -0.769. The number of carbonyl (C=O) groups excluding carboxylic acids is 1. The van der Waals surface area contributed by atoms with Gasteiger partial charge < -0.3 is 20.2 Å². The second-order valence-electron chi connectivity index (χ2n) is 5.47. The highest BCUT2D eigenvalue weighted by Crippen LogP contribution is 2.19. The topological polar surface area (TPSA) is 72.9 Å². The Kier molecular flexibility index (Phi) is 4.67. The Hall–Kier alpha value is -2.24. The molecule has 0 unspecified atom stereocenters. The van der Waals surface area contributed by atoms with Crippen molar-refractivity contribution in [2.45, 2.75) is 12.8 Å². The Morgan fingerprint density at radius 2 is 1.76 bits per heavy atom. The fourth-order valence-corrected chi connectivity index (χ4v) is 2.37. The minimum Gasteiger partial charge on any atom is -0.481 e. The molecule has 1 aromatic carbocycles. The molecule has 1 fully saturated rings. The number of carboxylic acids is 1. The molecule has 0 saturated carbocycles. The Bertz CT molecular complexity index is 505. The number of anilines is 2. The van der Waals surface area contributed by atoms with Crippen LogP contribution in [0.5, 0.6) is 0 Å². The van der Waals surface area contributed by atoms with Gasteiger partial charge in [-0.2, -0.15) is 0 Å². The van der Waals surface area contributed by atoms with Crippen LogP contribution in [-0.4, -0.2) is 49.2 Å². The maximum Gasteiger partial charge on any atom is 0.321 e. The van der Waals surface area contributed by atoms with Crippen LogP contribution in [0.15, 0.2) is 24.3 Å². The maximum absolute atomic E-state index is 12.1. The van der Waals surface area contributed by atoms with E-state index in [-0.39, 0.29) is 11.9 Å². The molecule has 6 heteroatoms. The summed E-state index contributed by atoms with van der Waals surface area (Å²) in [5.74, 6) is -1.09. The molecule has 6 nitrogen and oxygen atoms in total. The molecule has 0 radical (unpaired) electrons. The van der Waals surface area contributed by atoms with E-state index >= 15 is 0 Å². The van der Waals surface area contributed by atoms with Crippen molar-refractivity contribution >= 4 is 23.4 Å². The number of urea groups is 1. The van der Waals surface area contributed by atoms with Gasteiger partial charge in [-0.25, -0.2) is 4.79 Å². The lowest BCUT2D eigenvalue weighted by Crippen LogP contribution is -2.42. The minimum absolute atomic E-state index is 0.170. The zero-order chi connectivity index (χ0) is 15.4. The van der Waals surface area contributed by atoms with Crippen LogP contribution in [0.1, 0.15) is 12.8 Å². The summed E-state index contributed by atoms with van der Waals surface area (Å²) in [6.07, 6.45) is 1.03. The molecule has 0 bridgehead atoms. The van der Waals surface area contributed by atoms with Crippen molar-refractivity contribution in [3.8, 4) is 0 Å². The van der Waals surface area contributed by atoms with Crippen molar-refractivity contribution in [3.05, 3.63) is 24.3 Å². The Morgan fingerprint density at radius 1 is 1.19 bits per heavy atom. The third kappa shape index (κ3) is 3.87. The lowest BCUT2D eigenvalue weighted by molar-refractivity contribution is -0.143. The van der Waals surface area contributed by atoms with E-state index in [1.54, 1.807) is 4.90 Å². The van der Waals surface area contributed by atoms with E-state index in [0.717, 1.165) is 11.4 Å². The Morgan fingerprint density at radius 3 is 2.24 bits per heavy atom.